The lowest BCUT2D eigenvalue weighted by Crippen LogP contribution is -2.48. The zero-order valence-corrected chi connectivity index (χ0v) is 12.6. The first-order valence-corrected chi connectivity index (χ1v) is 6.03. The van der Waals surface area contributed by atoms with E-state index in [1.165, 1.54) is 0 Å². The van der Waals surface area contributed by atoms with Crippen LogP contribution in [0.5, 0.6) is 0 Å². The first kappa shape index (κ1) is 16.7. The predicted octanol–water partition coefficient (Wildman–Crippen LogP) is 1.06. The Kier molecular flexibility index (Phi) is 5.74. The summed E-state index contributed by atoms with van der Waals surface area (Å²) >= 11 is 0. The molecule has 0 atom stereocenters. The second kappa shape index (κ2) is 6.88. The molecule has 8 heteroatoms. The Balaban J connectivity index is 0.000001000. The maximum absolute atomic E-state index is 12.0. The van der Waals surface area contributed by atoms with E-state index < -0.39 is 0 Å². The van der Waals surface area contributed by atoms with Gasteiger partial charge < -0.3 is 10.6 Å². The molecule has 3 heterocycles. The molecule has 3 N–H and O–H groups in total. The number of hydrogen-bond donors (Lipinski definition) is 3. The topological polar surface area (TPSA) is 82.7 Å². The average molecular weight is 318 g/mol. The first-order chi connectivity index (χ1) is 8.74. The van der Waals surface area contributed by atoms with Crippen LogP contribution in [0.1, 0.15) is 16.1 Å². The largest absolute Gasteiger partial charge is 0.352 e. The Morgan fingerprint density at radius 1 is 1.45 bits per heavy atom. The Hall–Kier alpha value is -1.37. The van der Waals surface area contributed by atoms with Crippen molar-refractivity contribution < 1.29 is 4.79 Å². The number of hydrogen-bond acceptors (Lipinski definition) is 4. The Bertz CT molecular complexity index is 597. The average Bonchev–Trinajstić information content (AvgIpc) is 2.68. The third kappa shape index (κ3) is 3.20. The van der Waals surface area contributed by atoms with Gasteiger partial charge in [-0.2, -0.15) is 5.10 Å². The van der Waals surface area contributed by atoms with Crippen LogP contribution < -0.4 is 10.6 Å². The smallest absolute Gasteiger partial charge is 0.252 e. The summed E-state index contributed by atoms with van der Waals surface area (Å²) in [5, 5.41) is 13.9. The highest BCUT2D eigenvalue weighted by molar-refractivity contribution is 5.97. The van der Waals surface area contributed by atoms with Crippen molar-refractivity contribution in [3.8, 4) is 0 Å². The summed E-state index contributed by atoms with van der Waals surface area (Å²) in [5.41, 5.74) is 2.15. The molecule has 0 spiro atoms. The van der Waals surface area contributed by atoms with E-state index in [0.717, 1.165) is 24.2 Å². The number of carbonyl (C=O) groups excluding carboxylic acids is 1. The number of aromatic nitrogens is 3. The molecule has 1 saturated heterocycles. The lowest BCUT2D eigenvalue weighted by atomic mass is 10.0. The van der Waals surface area contributed by atoms with Gasteiger partial charge in [-0.1, -0.05) is 0 Å². The van der Waals surface area contributed by atoms with Crippen LogP contribution in [0.2, 0.25) is 0 Å². The van der Waals surface area contributed by atoms with E-state index in [-0.39, 0.29) is 30.7 Å². The molecule has 1 amide bonds. The molecule has 110 valence electrons. The van der Waals surface area contributed by atoms with Crippen LogP contribution in [0.3, 0.4) is 0 Å². The maximum atomic E-state index is 12.0. The van der Waals surface area contributed by atoms with E-state index in [9.17, 15) is 4.79 Å². The molecule has 1 aliphatic rings. The lowest BCUT2D eigenvalue weighted by Gasteiger charge is -2.27. The van der Waals surface area contributed by atoms with Gasteiger partial charge in [0.25, 0.3) is 5.91 Å². The van der Waals surface area contributed by atoms with E-state index in [2.05, 4.69) is 25.8 Å². The van der Waals surface area contributed by atoms with Crippen molar-refractivity contribution >= 4 is 41.8 Å². The Morgan fingerprint density at radius 3 is 2.85 bits per heavy atom. The van der Waals surface area contributed by atoms with Crippen molar-refractivity contribution in [3.63, 3.8) is 0 Å². The number of H-pyrrole nitrogens is 1. The molecular formula is C12H17Cl2N5O. The zero-order valence-electron chi connectivity index (χ0n) is 11.0. The molecule has 6 nitrogen and oxygen atoms in total. The maximum Gasteiger partial charge on any atom is 0.252 e. The second-order valence-corrected chi connectivity index (χ2v) is 4.68. The number of pyridine rings is 1. The second-order valence-electron chi connectivity index (χ2n) is 4.68. The highest BCUT2D eigenvalue weighted by atomic mass is 35.5. The van der Waals surface area contributed by atoms with Crippen LogP contribution >= 0.6 is 24.8 Å². The molecule has 0 saturated carbocycles. The molecule has 0 bridgehead atoms. The van der Waals surface area contributed by atoms with Crippen LogP contribution in [0.4, 0.5) is 0 Å². The Morgan fingerprint density at radius 2 is 2.20 bits per heavy atom. The van der Waals surface area contributed by atoms with Gasteiger partial charge in [0.05, 0.1) is 5.56 Å². The van der Waals surface area contributed by atoms with Gasteiger partial charge in [0.2, 0.25) is 0 Å². The molecule has 0 aliphatic carbocycles. The molecule has 2 aromatic heterocycles. The number of rotatable bonds is 3. The summed E-state index contributed by atoms with van der Waals surface area (Å²) < 4.78 is 0. The molecule has 0 unspecified atom stereocenters. The van der Waals surface area contributed by atoms with Gasteiger partial charge >= 0.3 is 0 Å². The van der Waals surface area contributed by atoms with Gasteiger partial charge in [-0.3, -0.25) is 9.89 Å². The third-order valence-corrected chi connectivity index (χ3v) is 3.28. The van der Waals surface area contributed by atoms with E-state index in [1.807, 2.05) is 13.0 Å². The minimum Gasteiger partial charge on any atom is -0.352 e. The first-order valence-electron chi connectivity index (χ1n) is 6.03. The molecule has 2 aromatic rings. The van der Waals surface area contributed by atoms with Crippen LogP contribution in [0, 0.1) is 12.8 Å². The lowest BCUT2D eigenvalue weighted by molar-refractivity contribution is 0.0942. The number of halogens is 2. The summed E-state index contributed by atoms with van der Waals surface area (Å²) in [4.78, 5) is 16.1. The van der Waals surface area contributed by atoms with Gasteiger partial charge in [0, 0.05) is 42.8 Å². The van der Waals surface area contributed by atoms with Crippen LogP contribution in [-0.4, -0.2) is 40.7 Å². The highest BCUT2D eigenvalue weighted by Crippen LogP contribution is 2.14. The fourth-order valence-corrected chi connectivity index (χ4v) is 1.98. The van der Waals surface area contributed by atoms with Gasteiger partial charge in [-0.25, -0.2) is 4.98 Å². The number of nitrogens with one attached hydrogen (secondary N) is 3. The summed E-state index contributed by atoms with van der Waals surface area (Å²) in [5.74, 6) is 0.484. The van der Waals surface area contributed by atoms with Gasteiger partial charge in [0.15, 0.2) is 5.65 Å². The molecule has 0 radical (unpaired) electrons. The fourth-order valence-electron chi connectivity index (χ4n) is 1.98. The summed E-state index contributed by atoms with van der Waals surface area (Å²) in [6.07, 6.45) is 1.57. The van der Waals surface area contributed by atoms with Crippen LogP contribution in [0.25, 0.3) is 11.0 Å². The number of nitrogens with zero attached hydrogens (tertiary/aromatic N) is 2. The number of aryl methyl sites for hydroxylation is 1. The quantitative estimate of drug-likeness (QED) is 0.790. The van der Waals surface area contributed by atoms with Gasteiger partial charge in [0.1, 0.15) is 0 Å². The highest BCUT2D eigenvalue weighted by Gasteiger charge is 2.18. The molecule has 1 fully saturated rings. The fraction of sp³-hybridized carbons (Fsp3) is 0.417. The van der Waals surface area contributed by atoms with E-state index >= 15 is 0 Å². The number of aromatic amines is 1. The normalized spacial score (nSPS) is 14.1. The summed E-state index contributed by atoms with van der Waals surface area (Å²) in [7, 11) is 0. The SMILES string of the molecule is Cc1[nH]nc2ncc(C(=O)NCC3CNC3)cc12.Cl.Cl. The number of fused-ring (bicyclic) bond motifs is 1. The van der Waals surface area contributed by atoms with E-state index in [1.54, 1.807) is 6.20 Å². The third-order valence-electron chi connectivity index (χ3n) is 3.28. The van der Waals surface area contributed by atoms with Crippen molar-refractivity contribution in [3.05, 3.63) is 23.5 Å². The van der Waals surface area contributed by atoms with Gasteiger partial charge in [-0.15, -0.1) is 24.8 Å². The summed E-state index contributed by atoms with van der Waals surface area (Å²) in [6.45, 7) is 4.60. The Labute approximate surface area is 128 Å². The van der Waals surface area contributed by atoms with Crippen molar-refractivity contribution in [1.82, 2.24) is 25.8 Å². The van der Waals surface area contributed by atoms with Gasteiger partial charge in [-0.05, 0) is 13.0 Å². The molecule has 20 heavy (non-hydrogen) atoms. The molecular weight excluding hydrogens is 301 g/mol. The molecule has 0 aromatic carbocycles. The van der Waals surface area contributed by atoms with Crippen molar-refractivity contribution in [1.29, 1.82) is 0 Å². The predicted molar refractivity (Wildman–Crippen MR) is 81.8 cm³/mol. The minimum atomic E-state index is -0.0723. The van der Waals surface area contributed by atoms with Crippen molar-refractivity contribution in [2.45, 2.75) is 6.92 Å². The molecule has 1 aliphatic heterocycles. The summed E-state index contributed by atoms with van der Waals surface area (Å²) in [6, 6.07) is 1.83. The standard InChI is InChI=1S/C12H15N5O.2ClH/c1-7-10-2-9(6-14-11(10)17-16-7)12(18)15-5-8-3-13-4-8;;/h2,6,8,13H,3-5H2,1H3,(H,15,18)(H,14,16,17);2*1H. The van der Waals surface area contributed by atoms with E-state index in [4.69, 9.17) is 0 Å². The van der Waals surface area contributed by atoms with E-state index in [0.29, 0.717) is 23.7 Å². The number of carbonyl (C=O) groups is 1. The zero-order chi connectivity index (χ0) is 12.5. The van der Waals surface area contributed by atoms with Crippen LogP contribution in [-0.2, 0) is 0 Å². The van der Waals surface area contributed by atoms with Crippen molar-refractivity contribution in [2.75, 3.05) is 19.6 Å². The monoisotopic (exact) mass is 317 g/mol. The minimum absolute atomic E-state index is 0. The number of amides is 1. The molecule has 3 rings (SSSR count). The van der Waals surface area contributed by atoms with Crippen molar-refractivity contribution in [2.24, 2.45) is 5.92 Å². The van der Waals surface area contributed by atoms with Crippen LogP contribution in [0.15, 0.2) is 12.3 Å².